The molecule has 1 aliphatic rings. The molecule has 1 atom stereocenters. The maximum absolute atomic E-state index is 11.8. The van der Waals surface area contributed by atoms with Gasteiger partial charge in [-0.05, 0) is 25.5 Å². The SMILES string of the molecule is Cc1cc(C)c2c(n1)N=CC(I)C2=O. The molecule has 0 saturated carbocycles. The largest absolute Gasteiger partial charge is 0.292 e. The van der Waals surface area contributed by atoms with Crippen molar-refractivity contribution in [2.45, 2.75) is 17.8 Å². The predicted octanol–water partition coefficient (Wildman–Crippen LogP) is 2.40. The second kappa shape index (κ2) is 3.42. The average molecular weight is 300 g/mol. The van der Waals surface area contributed by atoms with Crippen LogP contribution in [0.5, 0.6) is 0 Å². The zero-order valence-corrected chi connectivity index (χ0v) is 10.1. The Hall–Kier alpha value is -0.780. The van der Waals surface area contributed by atoms with Crippen molar-refractivity contribution in [3.8, 4) is 0 Å². The zero-order chi connectivity index (χ0) is 10.3. The highest BCUT2D eigenvalue weighted by Crippen LogP contribution is 2.27. The summed E-state index contributed by atoms with van der Waals surface area (Å²) < 4.78 is -0.150. The number of Topliss-reactive ketones (excluding diaryl/α,β-unsaturated/α-hetero) is 1. The van der Waals surface area contributed by atoms with Crippen molar-refractivity contribution in [1.29, 1.82) is 0 Å². The lowest BCUT2D eigenvalue weighted by atomic mass is 10.0. The lowest BCUT2D eigenvalue weighted by Gasteiger charge is -2.14. The van der Waals surface area contributed by atoms with Crippen molar-refractivity contribution in [2.24, 2.45) is 4.99 Å². The van der Waals surface area contributed by atoms with E-state index >= 15 is 0 Å². The molecule has 1 aliphatic heterocycles. The molecule has 0 radical (unpaired) electrons. The van der Waals surface area contributed by atoms with Crippen LogP contribution >= 0.6 is 22.6 Å². The maximum Gasteiger partial charge on any atom is 0.185 e. The molecule has 72 valence electrons. The van der Waals surface area contributed by atoms with E-state index in [1.165, 1.54) is 0 Å². The van der Waals surface area contributed by atoms with E-state index in [1.807, 2.05) is 19.9 Å². The topological polar surface area (TPSA) is 42.3 Å². The zero-order valence-electron chi connectivity index (χ0n) is 7.91. The summed E-state index contributed by atoms with van der Waals surface area (Å²) in [5.74, 6) is 0.681. The predicted molar refractivity (Wildman–Crippen MR) is 64.0 cm³/mol. The molecule has 0 aliphatic carbocycles. The van der Waals surface area contributed by atoms with Gasteiger partial charge in [0.2, 0.25) is 0 Å². The third-order valence-electron chi connectivity index (χ3n) is 2.15. The Labute approximate surface area is 95.8 Å². The van der Waals surface area contributed by atoms with Crippen molar-refractivity contribution in [3.05, 3.63) is 22.9 Å². The summed E-state index contributed by atoms with van der Waals surface area (Å²) >= 11 is 2.08. The molecule has 3 nitrogen and oxygen atoms in total. The van der Waals surface area contributed by atoms with E-state index in [4.69, 9.17) is 0 Å². The minimum Gasteiger partial charge on any atom is -0.292 e. The fourth-order valence-corrected chi connectivity index (χ4v) is 2.03. The van der Waals surface area contributed by atoms with Gasteiger partial charge in [0.1, 0.15) is 3.92 Å². The van der Waals surface area contributed by atoms with Gasteiger partial charge in [-0.1, -0.05) is 22.6 Å². The minimum absolute atomic E-state index is 0.112. The Morgan fingerprint density at radius 1 is 1.43 bits per heavy atom. The summed E-state index contributed by atoms with van der Waals surface area (Å²) in [6, 6.07) is 1.92. The van der Waals surface area contributed by atoms with Crippen molar-refractivity contribution in [2.75, 3.05) is 0 Å². The Balaban J connectivity index is 2.69. The molecule has 1 unspecified atom stereocenters. The van der Waals surface area contributed by atoms with Crippen molar-refractivity contribution in [3.63, 3.8) is 0 Å². The van der Waals surface area contributed by atoms with Crippen LogP contribution in [0.2, 0.25) is 0 Å². The van der Waals surface area contributed by atoms with E-state index in [9.17, 15) is 4.79 Å². The number of carbonyl (C=O) groups is 1. The molecule has 14 heavy (non-hydrogen) atoms. The van der Waals surface area contributed by atoms with Gasteiger partial charge in [0.15, 0.2) is 11.6 Å². The first-order valence-corrected chi connectivity index (χ1v) is 5.55. The van der Waals surface area contributed by atoms with Crippen LogP contribution in [0.25, 0.3) is 0 Å². The minimum atomic E-state index is -0.150. The molecule has 2 heterocycles. The van der Waals surface area contributed by atoms with Crippen molar-refractivity contribution >= 4 is 40.4 Å². The molecule has 0 aromatic carbocycles. The number of fused-ring (bicyclic) bond motifs is 1. The first-order chi connectivity index (χ1) is 6.59. The molecule has 1 aromatic rings. The summed E-state index contributed by atoms with van der Waals surface area (Å²) in [6.07, 6.45) is 1.65. The lowest BCUT2D eigenvalue weighted by Crippen LogP contribution is -2.20. The standard InChI is InChI=1S/C10H9IN2O/c1-5-3-6(2)13-10-8(5)9(14)7(11)4-12-10/h3-4,7H,1-2H3. The Kier molecular flexibility index (Phi) is 2.38. The van der Waals surface area contributed by atoms with Gasteiger partial charge in [0.25, 0.3) is 0 Å². The van der Waals surface area contributed by atoms with Crippen LogP contribution < -0.4 is 0 Å². The number of hydrogen-bond acceptors (Lipinski definition) is 3. The number of hydrogen-bond donors (Lipinski definition) is 0. The molecule has 0 amide bonds. The van der Waals surface area contributed by atoms with Crippen LogP contribution in [0.3, 0.4) is 0 Å². The van der Waals surface area contributed by atoms with Gasteiger partial charge < -0.3 is 0 Å². The summed E-state index contributed by atoms with van der Waals surface area (Å²) in [7, 11) is 0. The Morgan fingerprint density at radius 3 is 2.86 bits per heavy atom. The lowest BCUT2D eigenvalue weighted by molar-refractivity contribution is 0.101. The molecule has 1 aromatic heterocycles. The molecule has 0 fully saturated rings. The van der Waals surface area contributed by atoms with E-state index in [-0.39, 0.29) is 9.71 Å². The Morgan fingerprint density at radius 2 is 2.14 bits per heavy atom. The first-order valence-electron chi connectivity index (χ1n) is 4.30. The van der Waals surface area contributed by atoms with Crippen molar-refractivity contribution < 1.29 is 4.79 Å². The fourth-order valence-electron chi connectivity index (χ4n) is 1.56. The van der Waals surface area contributed by atoms with Crippen LogP contribution in [0.1, 0.15) is 21.6 Å². The van der Waals surface area contributed by atoms with Gasteiger partial charge in [0.05, 0.1) is 5.56 Å². The van der Waals surface area contributed by atoms with Gasteiger partial charge >= 0.3 is 0 Å². The molecule has 0 spiro atoms. The molecule has 2 rings (SSSR count). The van der Waals surface area contributed by atoms with E-state index in [0.717, 1.165) is 11.3 Å². The number of carbonyl (C=O) groups excluding carboxylic acids is 1. The third-order valence-corrected chi connectivity index (χ3v) is 3.04. The second-order valence-electron chi connectivity index (χ2n) is 3.32. The summed E-state index contributed by atoms with van der Waals surface area (Å²) in [5.41, 5.74) is 2.55. The normalized spacial score (nSPS) is 19.6. The van der Waals surface area contributed by atoms with Gasteiger partial charge in [0, 0.05) is 11.9 Å². The second-order valence-corrected chi connectivity index (χ2v) is 4.67. The third kappa shape index (κ3) is 1.47. The molecule has 0 bridgehead atoms. The number of halogens is 1. The van der Waals surface area contributed by atoms with Crippen LogP contribution in [-0.2, 0) is 0 Å². The van der Waals surface area contributed by atoms with Gasteiger partial charge in [-0.15, -0.1) is 0 Å². The quantitative estimate of drug-likeness (QED) is 0.545. The van der Waals surface area contributed by atoms with Crippen LogP contribution in [0.15, 0.2) is 11.1 Å². The first kappa shape index (κ1) is 9.76. The summed E-state index contributed by atoms with van der Waals surface area (Å²) in [4.78, 5) is 20.2. The molecular formula is C10H9IN2O. The number of nitrogens with zero attached hydrogens (tertiary/aromatic N) is 2. The smallest absolute Gasteiger partial charge is 0.185 e. The van der Waals surface area contributed by atoms with Crippen LogP contribution in [0, 0.1) is 13.8 Å². The van der Waals surface area contributed by atoms with Crippen LogP contribution in [0.4, 0.5) is 5.82 Å². The number of alkyl halides is 1. The highest BCUT2D eigenvalue weighted by Gasteiger charge is 2.25. The number of aliphatic imine (C=N–C) groups is 1. The van der Waals surface area contributed by atoms with E-state index < -0.39 is 0 Å². The van der Waals surface area contributed by atoms with Gasteiger partial charge in [-0.3, -0.25) is 4.79 Å². The van der Waals surface area contributed by atoms with Crippen LogP contribution in [-0.4, -0.2) is 20.9 Å². The molecule has 4 heteroatoms. The van der Waals surface area contributed by atoms with Gasteiger partial charge in [-0.2, -0.15) is 0 Å². The fraction of sp³-hybridized carbons (Fsp3) is 0.300. The average Bonchev–Trinajstić information content (AvgIpc) is 2.10. The highest BCUT2D eigenvalue weighted by atomic mass is 127. The van der Waals surface area contributed by atoms with Gasteiger partial charge in [-0.25, -0.2) is 9.98 Å². The van der Waals surface area contributed by atoms with E-state index in [2.05, 4.69) is 32.6 Å². The highest BCUT2D eigenvalue weighted by molar-refractivity contribution is 14.1. The maximum atomic E-state index is 11.8. The number of ketones is 1. The summed E-state index contributed by atoms with van der Waals surface area (Å²) in [5, 5.41) is 0. The number of aryl methyl sites for hydroxylation is 2. The molecular weight excluding hydrogens is 291 g/mol. The number of rotatable bonds is 0. The summed E-state index contributed by atoms with van der Waals surface area (Å²) in [6.45, 7) is 3.83. The van der Waals surface area contributed by atoms with E-state index in [0.29, 0.717) is 11.4 Å². The van der Waals surface area contributed by atoms with E-state index in [1.54, 1.807) is 6.21 Å². The molecule has 0 saturated heterocycles. The molecule has 0 N–H and O–H groups in total. The number of aromatic nitrogens is 1. The number of pyridine rings is 1. The Bertz CT molecular complexity index is 440. The van der Waals surface area contributed by atoms with Crippen molar-refractivity contribution in [1.82, 2.24) is 4.98 Å². The monoisotopic (exact) mass is 300 g/mol.